The summed E-state index contributed by atoms with van der Waals surface area (Å²) in [7, 11) is 2.22. The van der Waals surface area contributed by atoms with Crippen LogP contribution in [0.25, 0.3) is 16.6 Å². The number of carbonyl (C=O) groups excluding carboxylic acids is 3. The van der Waals surface area contributed by atoms with Crippen LogP contribution < -0.4 is 20.4 Å². The number of fused-ring (bicyclic) bond motifs is 2. The van der Waals surface area contributed by atoms with E-state index in [0.29, 0.717) is 35.4 Å². The lowest BCUT2D eigenvalue weighted by molar-refractivity contribution is -0.141. The molecule has 0 unspecified atom stereocenters. The summed E-state index contributed by atoms with van der Waals surface area (Å²) in [5.41, 5.74) is 0.202. The number of halogens is 3. The molecule has 6 heterocycles. The van der Waals surface area contributed by atoms with Gasteiger partial charge in [0, 0.05) is 67.7 Å². The molecule has 3 fully saturated rings. The highest BCUT2D eigenvalue weighted by Crippen LogP contribution is 2.37. The van der Waals surface area contributed by atoms with Crippen molar-refractivity contribution in [1.29, 1.82) is 0 Å². The topological polar surface area (TPSA) is 153 Å². The molecule has 14 nitrogen and oxygen atoms in total. The highest BCUT2D eigenvalue weighted by Gasteiger charge is 2.34. The van der Waals surface area contributed by atoms with Crippen molar-refractivity contribution >= 4 is 51.6 Å². The number of urea groups is 1. The van der Waals surface area contributed by atoms with Gasteiger partial charge in [0.1, 0.15) is 17.2 Å². The monoisotopic (exact) mass is 800 g/mol. The van der Waals surface area contributed by atoms with Crippen LogP contribution in [0.15, 0.2) is 61.1 Å². The van der Waals surface area contributed by atoms with Crippen molar-refractivity contribution in [2.75, 3.05) is 48.3 Å². The molecule has 1 aliphatic carbocycles. The molecule has 0 radical (unpaired) electrons. The van der Waals surface area contributed by atoms with Crippen molar-refractivity contribution in [3.05, 3.63) is 78.0 Å². The van der Waals surface area contributed by atoms with E-state index in [1.165, 1.54) is 6.07 Å². The summed E-state index contributed by atoms with van der Waals surface area (Å²) in [4.78, 5) is 51.9. The number of aromatic nitrogens is 5. The first-order valence-electron chi connectivity index (χ1n) is 19.8. The van der Waals surface area contributed by atoms with Gasteiger partial charge in [0.25, 0.3) is 5.91 Å². The Hall–Kier alpha value is -5.55. The van der Waals surface area contributed by atoms with E-state index < -0.39 is 29.4 Å². The van der Waals surface area contributed by atoms with Crippen LogP contribution in [0.5, 0.6) is 0 Å². The van der Waals surface area contributed by atoms with Gasteiger partial charge in [-0.05, 0) is 102 Å². The Morgan fingerprint density at radius 3 is 2.48 bits per heavy atom. The predicted octanol–water partition coefficient (Wildman–Crippen LogP) is 6.36. The molecule has 2 saturated heterocycles. The van der Waals surface area contributed by atoms with E-state index in [1.807, 2.05) is 27.5 Å². The fourth-order valence-electron chi connectivity index (χ4n) is 8.70. The number of aliphatic hydroxyl groups is 1. The zero-order valence-corrected chi connectivity index (χ0v) is 32.7. The van der Waals surface area contributed by atoms with Gasteiger partial charge in [0.2, 0.25) is 5.91 Å². The van der Waals surface area contributed by atoms with E-state index in [4.69, 9.17) is 5.10 Å². The molecule has 0 atom stereocenters. The van der Waals surface area contributed by atoms with Crippen molar-refractivity contribution < 1.29 is 32.7 Å². The second kappa shape index (κ2) is 15.3. The van der Waals surface area contributed by atoms with Crippen molar-refractivity contribution in [2.24, 2.45) is 5.92 Å². The molecule has 8 rings (SSSR count). The third-order valence-corrected chi connectivity index (χ3v) is 11.8. The fraction of sp³-hybridized carbons (Fsp3) is 0.463. The molecule has 1 saturated carbocycles. The van der Waals surface area contributed by atoms with Gasteiger partial charge >= 0.3 is 12.2 Å². The highest BCUT2D eigenvalue weighted by atomic mass is 19.4. The van der Waals surface area contributed by atoms with Crippen molar-refractivity contribution in [3.63, 3.8) is 0 Å². The zero-order chi connectivity index (χ0) is 40.9. The Morgan fingerprint density at radius 2 is 1.78 bits per heavy atom. The minimum atomic E-state index is -4.69. The van der Waals surface area contributed by atoms with Crippen LogP contribution in [0.2, 0.25) is 0 Å². The maximum atomic E-state index is 13.3. The van der Waals surface area contributed by atoms with E-state index in [0.717, 1.165) is 87.0 Å². The van der Waals surface area contributed by atoms with Crippen LogP contribution in [0.1, 0.15) is 86.6 Å². The molecule has 58 heavy (non-hydrogen) atoms. The average Bonchev–Trinajstić information content (AvgIpc) is 3.82. The quantitative estimate of drug-likeness (QED) is 0.155. The second-order valence-electron chi connectivity index (χ2n) is 16.3. The minimum absolute atomic E-state index is 0.188. The summed E-state index contributed by atoms with van der Waals surface area (Å²) in [5.74, 6) is 0.105. The lowest BCUT2D eigenvalue weighted by Crippen LogP contribution is -2.50. The lowest BCUT2D eigenvalue weighted by atomic mass is 9.85. The van der Waals surface area contributed by atoms with Crippen LogP contribution >= 0.6 is 0 Å². The van der Waals surface area contributed by atoms with Gasteiger partial charge in [-0.2, -0.15) is 18.3 Å². The first-order valence-corrected chi connectivity index (χ1v) is 19.8. The smallest absolute Gasteiger partial charge is 0.386 e. The van der Waals surface area contributed by atoms with E-state index >= 15 is 0 Å². The Labute approximate surface area is 333 Å². The number of imide groups is 1. The number of rotatable bonds is 9. The van der Waals surface area contributed by atoms with Crippen molar-refractivity contribution in [1.82, 2.24) is 34.4 Å². The number of nitrogens with one attached hydrogen (secondary N) is 2. The normalized spacial score (nSPS) is 20.0. The molecule has 2 aliphatic heterocycles. The average molecular weight is 801 g/mol. The van der Waals surface area contributed by atoms with E-state index in [2.05, 4.69) is 43.5 Å². The number of benzene rings is 1. The minimum Gasteiger partial charge on any atom is -0.386 e. The molecule has 0 spiro atoms. The molecular weight excluding hydrogens is 754 g/mol. The van der Waals surface area contributed by atoms with E-state index in [1.54, 1.807) is 37.1 Å². The standard InChI is InChI=1S/C41H47F3N10O4/c1-40(2,58)29-21-31-26(20-32(29)47-38(56)30-6-4-8-34(46-30)41(42,43)44)24-54(49-31)28-11-9-25(10-12-28)23-50(3)27-13-17-51(18-14-27)33-7-5-16-52-36(22-45-37(33)52)53-19-15-35(55)48-39(53)57/h4-8,16,20-22,24-25,27-28,58H,9-15,17-19,23H2,1-3H3,(H,47,56)(H,48,55,57). The molecule has 5 aromatic rings. The highest BCUT2D eigenvalue weighted by molar-refractivity contribution is 6.06. The molecule has 4 amide bonds. The Morgan fingerprint density at radius 1 is 1.02 bits per heavy atom. The largest absolute Gasteiger partial charge is 0.433 e. The van der Waals surface area contributed by atoms with Gasteiger partial charge in [0.15, 0.2) is 5.65 Å². The van der Waals surface area contributed by atoms with Gasteiger partial charge in [-0.1, -0.05) is 6.07 Å². The fourth-order valence-corrected chi connectivity index (χ4v) is 8.70. The number of anilines is 3. The molecular formula is C41H47F3N10O4. The Kier molecular flexibility index (Phi) is 10.4. The second-order valence-corrected chi connectivity index (χ2v) is 16.3. The molecule has 17 heteroatoms. The van der Waals surface area contributed by atoms with Gasteiger partial charge in [-0.25, -0.2) is 14.8 Å². The van der Waals surface area contributed by atoms with Gasteiger partial charge < -0.3 is 20.2 Å². The van der Waals surface area contributed by atoms with Crippen LogP contribution in [-0.2, 0) is 16.6 Å². The van der Waals surface area contributed by atoms with E-state index in [-0.39, 0.29) is 29.8 Å². The number of pyridine rings is 2. The number of amides is 4. The molecule has 3 N–H and O–H groups in total. The van der Waals surface area contributed by atoms with Crippen molar-refractivity contribution in [3.8, 4) is 0 Å². The van der Waals surface area contributed by atoms with Gasteiger partial charge in [-0.3, -0.25) is 28.9 Å². The third-order valence-electron chi connectivity index (χ3n) is 11.8. The zero-order valence-electron chi connectivity index (χ0n) is 32.7. The van der Waals surface area contributed by atoms with Crippen LogP contribution in [0.3, 0.4) is 0 Å². The predicted molar refractivity (Wildman–Crippen MR) is 212 cm³/mol. The maximum absolute atomic E-state index is 13.3. The number of hydrogen-bond donors (Lipinski definition) is 3. The number of carbonyl (C=O) groups is 3. The SMILES string of the molecule is CN(CC1CCC(n2cc3cc(NC(=O)c4cccc(C(F)(F)F)n4)c(C(C)(C)O)cc3n2)CC1)C1CCN(c2cccn3c(N4CCC(=O)NC4=O)cnc23)CC1. The first kappa shape index (κ1) is 39.3. The summed E-state index contributed by atoms with van der Waals surface area (Å²) in [6.07, 6.45) is 7.14. The number of imidazole rings is 1. The maximum Gasteiger partial charge on any atom is 0.433 e. The molecule has 3 aliphatic rings. The van der Waals surface area contributed by atoms with Crippen LogP contribution in [0, 0.1) is 5.92 Å². The molecule has 4 aromatic heterocycles. The van der Waals surface area contributed by atoms with E-state index in [9.17, 15) is 32.7 Å². The molecule has 0 bridgehead atoms. The number of alkyl halides is 3. The number of piperidine rings is 1. The lowest BCUT2D eigenvalue weighted by Gasteiger charge is -2.40. The summed E-state index contributed by atoms with van der Waals surface area (Å²) < 4.78 is 43.7. The first-order chi connectivity index (χ1) is 27.6. The van der Waals surface area contributed by atoms with Gasteiger partial charge in [-0.15, -0.1) is 0 Å². The molecule has 1 aromatic carbocycles. The Balaban J connectivity index is 0.869. The van der Waals surface area contributed by atoms with Crippen LogP contribution in [-0.4, -0.2) is 91.3 Å². The molecule has 306 valence electrons. The number of nitrogens with zero attached hydrogens (tertiary/aromatic N) is 8. The van der Waals surface area contributed by atoms with Crippen LogP contribution in [0.4, 0.5) is 35.2 Å². The summed E-state index contributed by atoms with van der Waals surface area (Å²) in [5, 5.41) is 21.7. The number of hydrogen-bond acceptors (Lipinski definition) is 9. The third kappa shape index (κ3) is 7.97. The summed E-state index contributed by atoms with van der Waals surface area (Å²) in [6.45, 7) is 6.25. The van der Waals surface area contributed by atoms with Gasteiger partial charge in [0.05, 0.1) is 29.0 Å². The summed E-state index contributed by atoms with van der Waals surface area (Å²) >= 11 is 0. The Bertz CT molecular complexity index is 2350. The summed E-state index contributed by atoms with van der Waals surface area (Å²) in [6, 6.07) is 10.8. The van der Waals surface area contributed by atoms with Crippen molar-refractivity contribution in [2.45, 2.75) is 82.7 Å².